The minimum absolute atomic E-state index is 0.000720. The molecule has 0 radical (unpaired) electrons. The molecule has 0 atom stereocenters. The van der Waals surface area contributed by atoms with Crippen LogP contribution < -0.4 is 5.32 Å². The maximum Gasteiger partial charge on any atom is 0.309 e. The summed E-state index contributed by atoms with van der Waals surface area (Å²) in [6.45, 7) is 0. The first-order valence-electron chi connectivity index (χ1n) is 7.63. The number of halogens is 1. The maximum atomic E-state index is 12.2. The average molecular weight is 320 g/mol. The lowest BCUT2D eigenvalue weighted by molar-refractivity contribution is 0.0899. The molecule has 6 heteroatoms. The first-order valence-corrected chi connectivity index (χ1v) is 8.00. The number of carbonyl (C=O) groups is 1. The molecule has 1 aromatic heterocycles. The van der Waals surface area contributed by atoms with Crippen LogP contribution in [0.3, 0.4) is 0 Å². The van der Waals surface area contributed by atoms with Crippen LogP contribution in [0.25, 0.3) is 11.5 Å². The van der Waals surface area contributed by atoms with Gasteiger partial charge in [-0.3, -0.25) is 4.79 Å². The molecule has 116 valence electrons. The maximum absolute atomic E-state index is 12.2. The van der Waals surface area contributed by atoms with Gasteiger partial charge >= 0.3 is 11.8 Å². The molecule has 0 bridgehead atoms. The van der Waals surface area contributed by atoms with E-state index < -0.39 is 0 Å². The van der Waals surface area contributed by atoms with Gasteiger partial charge in [0.1, 0.15) is 0 Å². The van der Waals surface area contributed by atoms with Crippen LogP contribution in [0, 0.1) is 0 Å². The highest BCUT2D eigenvalue weighted by atomic mass is 35.5. The second-order valence-corrected chi connectivity index (χ2v) is 6.02. The Kier molecular flexibility index (Phi) is 4.73. The van der Waals surface area contributed by atoms with E-state index in [2.05, 4.69) is 15.5 Å². The Bertz CT molecular complexity index is 648. The number of nitrogens with zero attached hydrogens (tertiary/aromatic N) is 2. The van der Waals surface area contributed by atoms with Gasteiger partial charge < -0.3 is 9.73 Å². The van der Waals surface area contributed by atoms with Crippen molar-refractivity contribution in [3.63, 3.8) is 0 Å². The molecule has 0 saturated heterocycles. The van der Waals surface area contributed by atoms with Crippen molar-refractivity contribution >= 4 is 17.5 Å². The third-order valence-corrected chi connectivity index (χ3v) is 4.12. The number of aromatic nitrogens is 2. The van der Waals surface area contributed by atoms with E-state index >= 15 is 0 Å². The van der Waals surface area contributed by atoms with E-state index in [1.165, 1.54) is 12.8 Å². The Morgan fingerprint density at radius 1 is 1.18 bits per heavy atom. The van der Waals surface area contributed by atoms with Gasteiger partial charge in [-0.1, -0.05) is 43.4 Å². The fourth-order valence-corrected chi connectivity index (χ4v) is 2.91. The van der Waals surface area contributed by atoms with Gasteiger partial charge in [0.25, 0.3) is 0 Å². The van der Waals surface area contributed by atoms with Gasteiger partial charge in [-0.05, 0) is 31.0 Å². The number of benzene rings is 1. The standard InChI is InChI=1S/C16H18ClN3O2/c17-12-7-5-6-11(10-12)15-19-20-16(22-15)14(21)18-13-8-3-1-2-4-9-13/h5-7,10,13H,1-4,8-9H2,(H,18,21). The number of nitrogens with one attached hydrogen (secondary N) is 1. The van der Waals surface area contributed by atoms with E-state index in [1.54, 1.807) is 18.2 Å². The summed E-state index contributed by atoms with van der Waals surface area (Å²) < 4.78 is 5.47. The van der Waals surface area contributed by atoms with Gasteiger partial charge in [0, 0.05) is 16.6 Å². The van der Waals surface area contributed by atoms with Gasteiger partial charge in [0.05, 0.1) is 0 Å². The van der Waals surface area contributed by atoms with Gasteiger partial charge in [-0.15, -0.1) is 10.2 Å². The first kappa shape index (κ1) is 15.0. The quantitative estimate of drug-likeness (QED) is 0.873. The van der Waals surface area contributed by atoms with Crippen LogP contribution in [0.4, 0.5) is 0 Å². The summed E-state index contributed by atoms with van der Waals surface area (Å²) in [6.07, 6.45) is 6.82. The second-order valence-electron chi connectivity index (χ2n) is 5.58. The average Bonchev–Trinajstić information content (AvgIpc) is 2.87. The molecule has 1 fully saturated rings. The van der Waals surface area contributed by atoms with Crippen LogP contribution >= 0.6 is 11.6 Å². The largest absolute Gasteiger partial charge is 0.412 e. The highest BCUT2D eigenvalue weighted by molar-refractivity contribution is 6.30. The third-order valence-electron chi connectivity index (χ3n) is 3.88. The van der Waals surface area contributed by atoms with Crippen molar-refractivity contribution in [1.29, 1.82) is 0 Å². The number of rotatable bonds is 3. The van der Waals surface area contributed by atoms with Gasteiger partial charge in [-0.2, -0.15) is 0 Å². The minimum atomic E-state index is -0.298. The van der Waals surface area contributed by atoms with Crippen molar-refractivity contribution in [2.75, 3.05) is 0 Å². The molecule has 1 amide bonds. The van der Waals surface area contributed by atoms with Crippen molar-refractivity contribution in [2.24, 2.45) is 0 Å². The van der Waals surface area contributed by atoms with Gasteiger partial charge in [0.15, 0.2) is 0 Å². The lowest BCUT2D eigenvalue weighted by Gasteiger charge is -2.14. The van der Waals surface area contributed by atoms with Crippen LogP contribution in [0.5, 0.6) is 0 Å². The van der Waals surface area contributed by atoms with Crippen molar-refractivity contribution in [3.8, 4) is 11.5 Å². The normalized spacial score (nSPS) is 16.2. The van der Waals surface area contributed by atoms with Crippen LogP contribution in [0.1, 0.15) is 49.2 Å². The topological polar surface area (TPSA) is 68.0 Å². The number of amides is 1. The fraction of sp³-hybridized carbons (Fsp3) is 0.438. The zero-order chi connectivity index (χ0) is 15.4. The summed E-state index contributed by atoms with van der Waals surface area (Å²) in [4.78, 5) is 12.2. The highest BCUT2D eigenvalue weighted by Gasteiger charge is 2.20. The molecule has 1 heterocycles. The monoisotopic (exact) mass is 319 g/mol. The van der Waals surface area contributed by atoms with Crippen molar-refractivity contribution in [3.05, 3.63) is 35.2 Å². The highest BCUT2D eigenvalue weighted by Crippen LogP contribution is 2.22. The molecular formula is C16H18ClN3O2. The fourth-order valence-electron chi connectivity index (χ4n) is 2.72. The molecule has 22 heavy (non-hydrogen) atoms. The molecule has 5 nitrogen and oxygen atoms in total. The zero-order valence-corrected chi connectivity index (χ0v) is 13.0. The summed E-state index contributed by atoms with van der Waals surface area (Å²) in [5, 5.41) is 11.3. The molecule has 1 saturated carbocycles. The van der Waals surface area contributed by atoms with E-state index in [0.29, 0.717) is 16.5 Å². The predicted octanol–water partition coefficient (Wildman–Crippen LogP) is 3.84. The van der Waals surface area contributed by atoms with E-state index in [1.807, 2.05) is 6.07 Å². The Morgan fingerprint density at radius 2 is 1.95 bits per heavy atom. The SMILES string of the molecule is O=C(NC1CCCCCC1)c1nnc(-c2cccc(Cl)c2)o1. The van der Waals surface area contributed by atoms with E-state index in [4.69, 9.17) is 16.0 Å². The Morgan fingerprint density at radius 3 is 2.68 bits per heavy atom. The van der Waals surface area contributed by atoms with E-state index in [0.717, 1.165) is 25.7 Å². The number of carbonyl (C=O) groups excluding carboxylic acids is 1. The van der Waals surface area contributed by atoms with Crippen LogP contribution in [-0.4, -0.2) is 22.1 Å². The predicted molar refractivity (Wildman–Crippen MR) is 83.7 cm³/mol. The molecule has 0 unspecified atom stereocenters. The summed E-state index contributed by atoms with van der Waals surface area (Å²) in [5.74, 6) is 0.000386. The molecule has 1 N–H and O–H groups in total. The number of hydrogen-bond donors (Lipinski definition) is 1. The van der Waals surface area contributed by atoms with Crippen molar-refractivity contribution in [1.82, 2.24) is 15.5 Å². The smallest absolute Gasteiger partial charge is 0.309 e. The molecule has 3 rings (SSSR count). The molecule has 1 aliphatic rings. The molecular weight excluding hydrogens is 302 g/mol. The van der Waals surface area contributed by atoms with Crippen LogP contribution in [0.2, 0.25) is 5.02 Å². The molecule has 1 aromatic carbocycles. The number of hydrogen-bond acceptors (Lipinski definition) is 4. The first-order chi connectivity index (χ1) is 10.7. The van der Waals surface area contributed by atoms with Gasteiger partial charge in [-0.25, -0.2) is 0 Å². The molecule has 1 aliphatic carbocycles. The summed E-state index contributed by atoms with van der Waals surface area (Å²) >= 11 is 5.94. The minimum Gasteiger partial charge on any atom is -0.412 e. The Hall–Kier alpha value is -1.88. The Labute approximate surface area is 134 Å². The molecule has 0 spiro atoms. The van der Waals surface area contributed by atoms with Crippen molar-refractivity contribution in [2.45, 2.75) is 44.6 Å². The summed E-state index contributed by atoms with van der Waals surface area (Å²) in [5.41, 5.74) is 0.702. The van der Waals surface area contributed by atoms with E-state index in [9.17, 15) is 4.79 Å². The van der Waals surface area contributed by atoms with Gasteiger partial charge in [0.2, 0.25) is 5.89 Å². The van der Waals surface area contributed by atoms with E-state index in [-0.39, 0.29) is 17.8 Å². The third kappa shape index (κ3) is 3.65. The Balaban J connectivity index is 1.68. The second kappa shape index (κ2) is 6.92. The summed E-state index contributed by atoms with van der Waals surface area (Å²) in [7, 11) is 0. The van der Waals surface area contributed by atoms with Crippen LogP contribution in [0.15, 0.2) is 28.7 Å². The molecule has 2 aromatic rings. The lowest BCUT2D eigenvalue weighted by Crippen LogP contribution is -2.34. The molecule has 0 aliphatic heterocycles. The lowest BCUT2D eigenvalue weighted by atomic mass is 10.1. The zero-order valence-electron chi connectivity index (χ0n) is 12.2. The van der Waals surface area contributed by atoms with Crippen molar-refractivity contribution < 1.29 is 9.21 Å². The van der Waals surface area contributed by atoms with Crippen LogP contribution in [-0.2, 0) is 0 Å². The summed E-state index contributed by atoms with van der Waals surface area (Å²) in [6, 6.07) is 7.30.